The molecule has 1 unspecified atom stereocenters. The van der Waals surface area contributed by atoms with Gasteiger partial charge in [-0.3, -0.25) is 4.79 Å². The van der Waals surface area contributed by atoms with E-state index in [1.165, 1.54) is 17.8 Å². The number of aryl methyl sites for hydroxylation is 2. The zero-order valence-electron chi connectivity index (χ0n) is 14.8. The lowest BCUT2D eigenvalue weighted by molar-refractivity contribution is -0.130. The van der Waals surface area contributed by atoms with E-state index in [-0.39, 0.29) is 11.9 Å². The van der Waals surface area contributed by atoms with Gasteiger partial charge in [0, 0.05) is 30.5 Å². The van der Waals surface area contributed by atoms with E-state index in [1.807, 2.05) is 0 Å². The first-order chi connectivity index (χ1) is 11.6. The summed E-state index contributed by atoms with van der Waals surface area (Å²) < 4.78 is 2.40. The molecule has 2 heterocycles. The lowest BCUT2D eigenvalue weighted by atomic mass is 10.1. The van der Waals surface area contributed by atoms with Gasteiger partial charge in [0.05, 0.1) is 12.6 Å². The van der Waals surface area contributed by atoms with Gasteiger partial charge in [0.15, 0.2) is 0 Å². The Labute approximate surface area is 144 Å². The number of carbonyl (C=O) groups is 1. The minimum Gasteiger partial charge on any atom is -0.349 e. The van der Waals surface area contributed by atoms with Gasteiger partial charge in [-0.05, 0) is 64.0 Å². The molecular weight excluding hydrogens is 300 g/mol. The fourth-order valence-electron chi connectivity index (χ4n) is 4.20. The lowest BCUT2D eigenvalue weighted by Gasteiger charge is -2.21. The predicted octanol–water partition coefficient (Wildman–Crippen LogP) is 2.38. The number of nitrogens with zero attached hydrogens (tertiary/aromatic N) is 3. The predicted molar refractivity (Wildman–Crippen MR) is 93.4 cm³/mol. The van der Waals surface area contributed by atoms with Crippen LogP contribution in [0.3, 0.4) is 0 Å². The summed E-state index contributed by atoms with van der Waals surface area (Å²) in [5.74, 6) is 0.764. The van der Waals surface area contributed by atoms with E-state index in [0.29, 0.717) is 18.5 Å². The third kappa shape index (κ3) is 3.64. The molecule has 1 amide bonds. The molecule has 3 atom stereocenters. The van der Waals surface area contributed by atoms with Crippen LogP contribution in [-0.2, 0) is 11.3 Å². The number of aromatic nitrogens is 1. The molecule has 1 aromatic rings. The molecule has 0 spiro atoms. The largest absolute Gasteiger partial charge is 0.349 e. The summed E-state index contributed by atoms with van der Waals surface area (Å²) in [7, 11) is 0. The molecule has 5 nitrogen and oxygen atoms in total. The monoisotopic (exact) mass is 328 g/mol. The van der Waals surface area contributed by atoms with Crippen molar-refractivity contribution in [3.8, 4) is 6.07 Å². The summed E-state index contributed by atoms with van der Waals surface area (Å²) >= 11 is 0. The minimum absolute atomic E-state index is 0.0830. The highest BCUT2D eigenvalue weighted by Crippen LogP contribution is 2.28. The van der Waals surface area contributed by atoms with Gasteiger partial charge in [-0.1, -0.05) is 0 Å². The highest BCUT2D eigenvalue weighted by atomic mass is 16.2. The number of hydrogen-bond acceptors (Lipinski definition) is 3. The maximum atomic E-state index is 12.3. The van der Waals surface area contributed by atoms with Crippen molar-refractivity contribution in [2.45, 2.75) is 64.6 Å². The summed E-state index contributed by atoms with van der Waals surface area (Å²) in [5, 5.41) is 12.5. The van der Waals surface area contributed by atoms with Crippen LogP contribution in [0, 0.1) is 31.1 Å². The summed E-state index contributed by atoms with van der Waals surface area (Å²) in [5.41, 5.74) is 2.66. The fraction of sp³-hybridized carbons (Fsp3) is 0.684. The van der Waals surface area contributed by atoms with Crippen LogP contribution >= 0.6 is 0 Å². The van der Waals surface area contributed by atoms with Gasteiger partial charge in [0.2, 0.25) is 5.91 Å². The number of likely N-dealkylation sites (tertiary alicyclic amines) is 1. The van der Waals surface area contributed by atoms with E-state index in [2.05, 4.69) is 41.9 Å². The van der Waals surface area contributed by atoms with Gasteiger partial charge in [-0.15, -0.1) is 0 Å². The zero-order valence-corrected chi connectivity index (χ0v) is 14.8. The SMILES string of the molecule is Cc1ccc(C)n1CC1CC[C@@H](NCC(=O)N2CCC[C@H]2C#N)C1. The zero-order chi connectivity index (χ0) is 17.1. The van der Waals surface area contributed by atoms with Gasteiger partial charge in [0.25, 0.3) is 0 Å². The summed E-state index contributed by atoms with van der Waals surface area (Å²) in [6, 6.07) is 6.82. The quantitative estimate of drug-likeness (QED) is 0.903. The first-order valence-corrected chi connectivity index (χ1v) is 9.13. The number of nitriles is 1. The van der Waals surface area contributed by atoms with E-state index in [1.54, 1.807) is 4.90 Å². The van der Waals surface area contributed by atoms with Crippen LogP contribution in [-0.4, -0.2) is 40.5 Å². The second-order valence-corrected chi connectivity index (χ2v) is 7.36. The Morgan fingerprint density at radius 2 is 2.04 bits per heavy atom. The van der Waals surface area contributed by atoms with E-state index >= 15 is 0 Å². The number of carbonyl (C=O) groups excluding carboxylic acids is 1. The van der Waals surface area contributed by atoms with Crippen molar-refractivity contribution in [1.82, 2.24) is 14.8 Å². The highest BCUT2D eigenvalue weighted by Gasteiger charge is 2.30. The van der Waals surface area contributed by atoms with Crippen LogP contribution < -0.4 is 5.32 Å². The summed E-state index contributed by atoms with van der Waals surface area (Å²) in [4.78, 5) is 14.0. The molecule has 0 radical (unpaired) electrons. The molecule has 1 N–H and O–H groups in total. The lowest BCUT2D eigenvalue weighted by Crippen LogP contribution is -2.42. The molecular formula is C19H28N4O. The molecule has 2 aliphatic rings. The third-order valence-corrected chi connectivity index (χ3v) is 5.66. The summed E-state index contributed by atoms with van der Waals surface area (Å²) in [6.45, 7) is 6.52. The molecule has 24 heavy (non-hydrogen) atoms. The molecule has 1 saturated heterocycles. The molecule has 0 aromatic carbocycles. The van der Waals surface area contributed by atoms with Gasteiger partial charge >= 0.3 is 0 Å². The van der Waals surface area contributed by atoms with Gasteiger partial charge in [-0.2, -0.15) is 5.26 Å². The molecule has 1 aliphatic carbocycles. The van der Waals surface area contributed by atoms with Crippen LogP contribution in [0.4, 0.5) is 0 Å². The first-order valence-electron chi connectivity index (χ1n) is 9.13. The maximum absolute atomic E-state index is 12.3. The second-order valence-electron chi connectivity index (χ2n) is 7.36. The maximum Gasteiger partial charge on any atom is 0.237 e. The number of nitrogens with one attached hydrogen (secondary N) is 1. The molecule has 0 bridgehead atoms. The van der Waals surface area contributed by atoms with Crippen molar-refractivity contribution in [3.63, 3.8) is 0 Å². The Hall–Kier alpha value is -1.80. The van der Waals surface area contributed by atoms with Crippen molar-refractivity contribution >= 4 is 5.91 Å². The van der Waals surface area contributed by atoms with Gasteiger partial charge < -0.3 is 14.8 Å². The van der Waals surface area contributed by atoms with Crippen LogP contribution in [0.1, 0.15) is 43.5 Å². The molecule has 3 rings (SSSR count). The highest BCUT2D eigenvalue weighted by molar-refractivity contribution is 5.79. The molecule has 1 aliphatic heterocycles. The smallest absolute Gasteiger partial charge is 0.237 e. The molecule has 5 heteroatoms. The minimum atomic E-state index is -0.213. The van der Waals surface area contributed by atoms with Gasteiger partial charge in [0.1, 0.15) is 6.04 Å². The fourth-order valence-corrected chi connectivity index (χ4v) is 4.20. The topological polar surface area (TPSA) is 61.1 Å². The van der Waals surface area contributed by atoms with Crippen LogP contribution in [0.2, 0.25) is 0 Å². The van der Waals surface area contributed by atoms with Crippen molar-refractivity contribution in [2.24, 2.45) is 5.92 Å². The van der Waals surface area contributed by atoms with Crippen molar-refractivity contribution in [1.29, 1.82) is 5.26 Å². The Morgan fingerprint density at radius 3 is 2.75 bits per heavy atom. The van der Waals surface area contributed by atoms with Crippen LogP contribution in [0.5, 0.6) is 0 Å². The standard InChI is InChI=1S/C19H28N4O/c1-14-5-6-15(2)23(14)13-16-7-8-17(10-16)21-12-19(24)22-9-3-4-18(22)11-20/h5-6,16-18,21H,3-4,7-10,12-13H2,1-2H3/t16?,17-,18+/m1/s1. The Bertz CT molecular complexity index is 610. The van der Waals surface area contributed by atoms with Gasteiger partial charge in [-0.25, -0.2) is 0 Å². The van der Waals surface area contributed by atoms with Crippen LogP contribution in [0.25, 0.3) is 0 Å². The van der Waals surface area contributed by atoms with E-state index in [0.717, 1.165) is 38.8 Å². The van der Waals surface area contributed by atoms with Crippen LogP contribution in [0.15, 0.2) is 12.1 Å². The van der Waals surface area contributed by atoms with E-state index in [4.69, 9.17) is 5.26 Å². The molecule has 2 fully saturated rings. The average Bonchev–Trinajstić information content (AvgIpc) is 3.29. The number of amides is 1. The van der Waals surface area contributed by atoms with E-state index in [9.17, 15) is 4.79 Å². The molecule has 1 aromatic heterocycles. The number of hydrogen-bond donors (Lipinski definition) is 1. The third-order valence-electron chi connectivity index (χ3n) is 5.66. The van der Waals surface area contributed by atoms with E-state index < -0.39 is 0 Å². The Balaban J connectivity index is 1.45. The number of rotatable bonds is 5. The molecule has 1 saturated carbocycles. The summed E-state index contributed by atoms with van der Waals surface area (Å²) in [6.07, 6.45) is 5.26. The molecule has 130 valence electrons. The first kappa shape index (κ1) is 17.0. The average molecular weight is 328 g/mol. The Morgan fingerprint density at radius 1 is 1.29 bits per heavy atom. The van der Waals surface area contributed by atoms with Crippen molar-refractivity contribution in [2.75, 3.05) is 13.1 Å². The van der Waals surface area contributed by atoms with Crippen molar-refractivity contribution in [3.05, 3.63) is 23.5 Å². The second kappa shape index (κ2) is 7.40. The normalized spacial score (nSPS) is 26.7. The van der Waals surface area contributed by atoms with Crippen molar-refractivity contribution < 1.29 is 4.79 Å². The Kier molecular flexibility index (Phi) is 5.25.